The Morgan fingerprint density at radius 2 is 1.05 bits per heavy atom. The minimum atomic E-state index is 0. The van der Waals surface area contributed by atoms with Crippen LogP contribution >= 0.6 is 0 Å². The van der Waals surface area contributed by atoms with E-state index >= 15 is 0 Å². The van der Waals surface area contributed by atoms with Gasteiger partial charge in [0.05, 0.1) is 26.2 Å². The highest BCUT2D eigenvalue weighted by Gasteiger charge is 2.25. The Bertz CT molecular complexity index is 190. The fourth-order valence-electron chi connectivity index (χ4n) is 2.95. The van der Waals surface area contributed by atoms with Crippen LogP contribution in [0.5, 0.6) is 0 Å². The predicted molar refractivity (Wildman–Crippen MR) is 85.4 cm³/mol. The van der Waals surface area contributed by atoms with Crippen LogP contribution in [0.1, 0.15) is 78.6 Å². The number of halogens is 1. The average molecular weight is 352 g/mol. The van der Waals surface area contributed by atoms with Crippen LogP contribution in [0, 0.1) is 0 Å². The zero-order valence-corrected chi connectivity index (χ0v) is 15.8. The summed E-state index contributed by atoms with van der Waals surface area (Å²) in [6.45, 7) is 12.0. The molecule has 0 amide bonds. The number of hydrogen-bond donors (Lipinski definition) is 1. The van der Waals surface area contributed by atoms with E-state index in [4.69, 9.17) is 0 Å². The molecule has 0 spiro atoms. The summed E-state index contributed by atoms with van der Waals surface area (Å²) in [4.78, 5) is 0. The lowest BCUT2D eigenvalue weighted by molar-refractivity contribution is -0.929. The SMILES string of the molecule is CCCCCC[N+](CCO)(CCCC)CCCCC.[Br-]. The molecule has 0 aromatic rings. The average Bonchev–Trinajstić information content (AvgIpc) is 2.42. The first-order valence-corrected chi connectivity index (χ1v) is 8.70. The summed E-state index contributed by atoms with van der Waals surface area (Å²) in [5.41, 5.74) is 0. The summed E-state index contributed by atoms with van der Waals surface area (Å²) in [5.74, 6) is 0. The number of nitrogens with zero attached hydrogens (tertiary/aromatic N) is 1. The Kier molecular flexibility index (Phi) is 17.9. The first-order valence-electron chi connectivity index (χ1n) is 8.70. The van der Waals surface area contributed by atoms with Crippen molar-refractivity contribution in [2.24, 2.45) is 0 Å². The molecule has 0 aromatic carbocycles. The van der Waals surface area contributed by atoms with Gasteiger partial charge in [-0.25, -0.2) is 0 Å². The summed E-state index contributed by atoms with van der Waals surface area (Å²) in [5, 5.41) is 9.44. The Hall–Kier alpha value is 0.400. The summed E-state index contributed by atoms with van der Waals surface area (Å²) in [6.07, 6.45) is 11.9. The molecule has 1 atom stereocenters. The molecule has 124 valence electrons. The molecule has 0 fully saturated rings. The lowest BCUT2D eigenvalue weighted by Gasteiger charge is -2.39. The van der Waals surface area contributed by atoms with Crippen molar-refractivity contribution < 1.29 is 26.6 Å². The Labute approximate surface area is 138 Å². The molecule has 0 aliphatic carbocycles. The van der Waals surface area contributed by atoms with Crippen LogP contribution < -0.4 is 17.0 Å². The molecule has 0 saturated heterocycles. The van der Waals surface area contributed by atoms with Crippen molar-refractivity contribution in [2.75, 3.05) is 32.8 Å². The maximum atomic E-state index is 9.44. The van der Waals surface area contributed by atoms with Crippen molar-refractivity contribution in [1.29, 1.82) is 0 Å². The van der Waals surface area contributed by atoms with E-state index in [0.717, 1.165) is 6.54 Å². The second kappa shape index (κ2) is 15.8. The van der Waals surface area contributed by atoms with Gasteiger partial charge in [0.2, 0.25) is 0 Å². The quantitative estimate of drug-likeness (QED) is 0.370. The molecule has 0 saturated carbocycles. The normalized spacial score (nSPS) is 13.8. The van der Waals surface area contributed by atoms with Crippen LogP contribution in [0.25, 0.3) is 0 Å². The highest BCUT2D eigenvalue weighted by atomic mass is 79.9. The van der Waals surface area contributed by atoms with E-state index in [1.54, 1.807) is 0 Å². The molecule has 20 heavy (non-hydrogen) atoms. The molecule has 0 radical (unpaired) electrons. The second-order valence-electron chi connectivity index (χ2n) is 6.08. The first kappa shape index (κ1) is 22.7. The van der Waals surface area contributed by atoms with Gasteiger partial charge in [-0.3, -0.25) is 0 Å². The zero-order valence-electron chi connectivity index (χ0n) is 14.2. The van der Waals surface area contributed by atoms with Crippen molar-refractivity contribution in [1.82, 2.24) is 0 Å². The third-order valence-electron chi connectivity index (χ3n) is 4.28. The van der Waals surface area contributed by atoms with E-state index in [-0.39, 0.29) is 17.0 Å². The molecular weight excluding hydrogens is 314 g/mol. The van der Waals surface area contributed by atoms with E-state index in [1.807, 2.05) is 0 Å². The third-order valence-corrected chi connectivity index (χ3v) is 4.28. The van der Waals surface area contributed by atoms with Crippen molar-refractivity contribution in [2.45, 2.75) is 78.6 Å². The molecule has 0 bridgehead atoms. The van der Waals surface area contributed by atoms with Gasteiger partial charge in [-0.15, -0.1) is 0 Å². The van der Waals surface area contributed by atoms with Crippen molar-refractivity contribution in [3.8, 4) is 0 Å². The minimum Gasteiger partial charge on any atom is -1.00 e. The van der Waals surface area contributed by atoms with E-state index in [2.05, 4.69) is 20.8 Å². The molecular formula is C17H38BrNO. The van der Waals surface area contributed by atoms with Gasteiger partial charge in [0.25, 0.3) is 0 Å². The van der Waals surface area contributed by atoms with Crippen molar-refractivity contribution in [3.63, 3.8) is 0 Å². The number of unbranched alkanes of at least 4 members (excludes halogenated alkanes) is 6. The van der Waals surface area contributed by atoms with Crippen LogP contribution in [0.15, 0.2) is 0 Å². The van der Waals surface area contributed by atoms with Crippen molar-refractivity contribution >= 4 is 0 Å². The lowest BCUT2D eigenvalue weighted by atomic mass is 10.1. The van der Waals surface area contributed by atoms with Gasteiger partial charge < -0.3 is 26.6 Å². The van der Waals surface area contributed by atoms with Gasteiger partial charge in [0, 0.05) is 0 Å². The summed E-state index contributed by atoms with van der Waals surface area (Å²) in [7, 11) is 0. The van der Waals surface area contributed by atoms with Crippen LogP contribution in [-0.4, -0.2) is 42.4 Å². The zero-order chi connectivity index (χ0) is 14.4. The van der Waals surface area contributed by atoms with Gasteiger partial charge in [-0.05, 0) is 32.1 Å². The lowest BCUT2D eigenvalue weighted by Crippen LogP contribution is -3.00. The largest absolute Gasteiger partial charge is 1.00 e. The fraction of sp³-hybridized carbons (Fsp3) is 1.00. The molecule has 1 unspecified atom stereocenters. The number of hydrogen-bond acceptors (Lipinski definition) is 1. The van der Waals surface area contributed by atoms with Gasteiger partial charge in [0.15, 0.2) is 0 Å². The summed E-state index contributed by atoms with van der Waals surface area (Å²) in [6, 6.07) is 0. The molecule has 0 aromatic heterocycles. The predicted octanol–water partition coefficient (Wildman–Crippen LogP) is 1.37. The monoisotopic (exact) mass is 351 g/mol. The summed E-state index contributed by atoms with van der Waals surface area (Å²) < 4.78 is 1.17. The third kappa shape index (κ3) is 11.1. The molecule has 0 heterocycles. The number of aliphatic hydroxyl groups excluding tert-OH is 1. The van der Waals surface area contributed by atoms with E-state index < -0.39 is 0 Å². The highest BCUT2D eigenvalue weighted by Crippen LogP contribution is 2.15. The Balaban J connectivity index is 0. The smallest absolute Gasteiger partial charge is 0.102 e. The van der Waals surface area contributed by atoms with Crippen LogP contribution in [0.3, 0.4) is 0 Å². The highest BCUT2D eigenvalue weighted by molar-refractivity contribution is 4.50. The van der Waals surface area contributed by atoms with Crippen LogP contribution in [0.2, 0.25) is 0 Å². The van der Waals surface area contributed by atoms with Gasteiger partial charge in [-0.1, -0.05) is 46.5 Å². The Morgan fingerprint density at radius 1 is 0.600 bits per heavy atom. The first-order chi connectivity index (χ1) is 9.24. The van der Waals surface area contributed by atoms with Crippen molar-refractivity contribution in [3.05, 3.63) is 0 Å². The van der Waals surface area contributed by atoms with E-state index in [9.17, 15) is 5.11 Å². The van der Waals surface area contributed by atoms with Gasteiger partial charge >= 0.3 is 0 Å². The van der Waals surface area contributed by atoms with Gasteiger partial charge in [0.1, 0.15) is 6.54 Å². The number of aliphatic hydroxyl groups is 1. The standard InChI is InChI=1S/C17H38NO.BrH/c1-4-7-10-12-15-18(16-17-19,13-9-6-3)14-11-8-5-2;/h19H,4-17H2,1-3H3;1H/q+1;/p-1. The molecule has 2 nitrogen and oxygen atoms in total. The Morgan fingerprint density at radius 3 is 1.55 bits per heavy atom. The summed E-state index contributed by atoms with van der Waals surface area (Å²) >= 11 is 0. The second-order valence-corrected chi connectivity index (χ2v) is 6.08. The molecule has 0 rings (SSSR count). The van der Waals surface area contributed by atoms with Gasteiger partial charge in [-0.2, -0.15) is 0 Å². The van der Waals surface area contributed by atoms with Crippen LogP contribution in [0.4, 0.5) is 0 Å². The maximum Gasteiger partial charge on any atom is 0.102 e. The van der Waals surface area contributed by atoms with E-state index in [0.29, 0.717) is 6.61 Å². The molecule has 0 aliphatic rings. The molecule has 1 N–H and O–H groups in total. The number of quaternary nitrogens is 1. The maximum absolute atomic E-state index is 9.44. The number of rotatable bonds is 14. The molecule has 0 aliphatic heterocycles. The topological polar surface area (TPSA) is 20.2 Å². The minimum absolute atomic E-state index is 0. The fourth-order valence-corrected chi connectivity index (χ4v) is 2.95. The van der Waals surface area contributed by atoms with Crippen LogP contribution in [-0.2, 0) is 0 Å². The van der Waals surface area contributed by atoms with E-state index in [1.165, 1.54) is 81.9 Å². The molecule has 3 heteroatoms.